The first-order valence-electron chi connectivity index (χ1n) is 4.85. The molecule has 1 atom stereocenters. The molecule has 1 nitrogen and oxygen atoms in total. The van der Waals surface area contributed by atoms with Crippen molar-refractivity contribution in [2.45, 2.75) is 39.2 Å². The lowest BCUT2D eigenvalue weighted by molar-refractivity contribution is 0.440. The highest BCUT2D eigenvalue weighted by molar-refractivity contribution is 6.11. The number of hydrogen-bond acceptors (Lipinski definition) is 1. The molecule has 14 heavy (non-hydrogen) atoms. The summed E-state index contributed by atoms with van der Waals surface area (Å²) in [6.45, 7) is 6.11. The summed E-state index contributed by atoms with van der Waals surface area (Å²) < 4.78 is 12.7. The van der Waals surface area contributed by atoms with Crippen molar-refractivity contribution in [3.63, 3.8) is 0 Å². The van der Waals surface area contributed by atoms with E-state index in [9.17, 15) is 4.39 Å². The van der Waals surface area contributed by atoms with Gasteiger partial charge in [0.15, 0.2) is 0 Å². The molecule has 1 aromatic rings. The van der Waals surface area contributed by atoms with E-state index in [1.54, 1.807) is 6.20 Å². The number of halogens is 1. The summed E-state index contributed by atoms with van der Waals surface area (Å²) in [6.07, 6.45) is 0.683. The predicted octanol–water partition coefficient (Wildman–Crippen LogP) is 2.52. The Balaban J connectivity index is 3.02. The summed E-state index contributed by atoms with van der Waals surface area (Å²) in [5.74, 6) is 0.380. The Kier molecular flexibility index (Phi) is 3.67. The normalized spacial score (nSPS) is 13.2. The van der Waals surface area contributed by atoms with E-state index in [1.165, 1.54) is 0 Å². The lowest BCUT2D eigenvalue weighted by atomic mass is 9.89. The van der Waals surface area contributed by atoms with E-state index in [2.05, 4.69) is 18.8 Å². The van der Waals surface area contributed by atoms with E-state index in [0.29, 0.717) is 5.92 Å². The van der Waals surface area contributed by atoms with Crippen LogP contribution >= 0.6 is 0 Å². The van der Waals surface area contributed by atoms with Crippen molar-refractivity contribution in [1.82, 2.24) is 4.98 Å². The van der Waals surface area contributed by atoms with Gasteiger partial charge in [0.05, 0.1) is 6.07 Å². The van der Waals surface area contributed by atoms with Crippen LogP contribution in [0.5, 0.6) is 0 Å². The van der Waals surface area contributed by atoms with Crippen molar-refractivity contribution in [2.75, 3.05) is 0 Å². The smallest absolute Gasteiger partial charge is 0.117 e. The van der Waals surface area contributed by atoms with Gasteiger partial charge < -0.3 is 0 Å². The van der Waals surface area contributed by atoms with Crippen LogP contribution in [-0.4, -0.2) is 18.9 Å². The number of hydrogen-bond donors (Lipinski definition) is 0. The molecule has 0 saturated carbocycles. The maximum Gasteiger partial charge on any atom is 0.117 e. The van der Waals surface area contributed by atoms with Crippen molar-refractivity contribution in [1.29, 1.82) is 0 Å². The minimum Gasteiger partial charge on any atom is -0.261 e. The zero-order chi connectivity index (χ0) is 10.7. The van der Waals surface area contributed by atoms with Gasteiger partial charge in [-0.25, -0.2) is 0 Å². The molecule has 1 unspecified atom stereocenters. The van der Waals surface area contributed by atoms with Crippen LogP contribution in [0.15, 0.2) is 12.3 Å². The topological polar surface area (TPSA) is 12.9 Å². The van der Waals surface area contributed by atoms with Gasteiger partial charge in [-0.05, 0) is 36.5 Å². The van der Waals surface area contributed by atoms with E-state index < -0.39 is 6.07 Å². The third-order valence-electron chi connectivity index (χ3n) is 2.20. The summed E-state index contributed by atoms with van der Waals surface area (Å²) in [5, 5.41) is 0. The molecule has 0 aliphatic heterocycles. The quantitative estimate of drug-likeness (QED) is 0.669. The Labute approximate surface area is 86.2 Å². The van der Waals surface area contributed by atoms with Crippen molar-refractivity contribution >= 4 is 7.85 Å². The summed E-state index contributed by atoms with van der Waals surface area (Å²) in [5.41, 5.74) is 3.02. The molecule has 0 bridgehead atoms. The van der Waals surface area contributed by atoms with Gasteiger partial charge in [-0.1, -0.05) is 13.8 Å². The number of pyridine rings is 1. The average Bonchev–Trinajstić information content (AvgIpc) is 2.07. The van der Waals surface area contributed by atoms with E-state index in [1.807, 2.05) is 13.0 Å². The molecule has 1 rings (SSSR count). The van der Waals surface area contributed by atoms with Crippen LogP contribution < -0.4 is 0 Å². The second-order valence-electron chi connectivity index (χ2n) is 3.90. The fourth-order valence-electron chi connectivity index (χ4n) is 1.53. The minimum atomic E-state index is -1.29. The maximum atomic E-state index is 12.7. The first kappa shape index (κ1) is 11.2. The van der Waals surface area contributed by atoms with Gasteiger partial charge in [0.25, 0.3) is 0 Å². The molecule has 74 valence electrons. The van der Waals surface area contributed by atoms with Gasteiger partial charge in [-0.15, -0.1) is 0 Å². The molecule has 0 amide bonds. The van der Waals surface area contributed by atoms with E-state index in [-0.39, 0.29) is 6.42 Å². The molecule has 0 aromatic carbocycles. The molecular formula is C11H15BFN. The fraction of sp³-hybridized carbons (Fsp3) is 0.545. The summed E-state index contributed by atoms with van der Waals surface area (Å²) >= 11 is 0. The molecule has 1 heterocycles. The monoisotopic (exact) mass is 191 g/mol. The van der Waals surface area contributed by atoms with Crippen LogP contribution in [0, 0.1) is 6.92 Å². The lowest BCUT2D eigenvalue weighted by Gasteiger charge is -2.13. The van der Waals surface area contributed by atoms with Gasteiger partial charge in [-0.3, -0.25) is 9.37 Å². The van der Waals surface area contributed by atoms with Gasteiger partial charge in [0, 0.05) is 11.9 Å². The maximum absolute atomic E-state index is 12.7. The number of aromatic nitrogens is 1. The zero-order valence-corrected chi connectivity index (χ0v) is 8.92. The third kappa shape index (κ3) is 2.83. The van der Waals surface area contributed by atoms with Crippen molar-refractivity contribution in [3.05, 3.63) is 29.1 Å². The van der Waals surface area contributed by atoms with E-state index >= 15 is 0 Å². The second kappa shape index (κ2) is 4.58. The lowest BCUT2D eigenvalue weighted by Crippen LogP contribution is -2.08. The molecule has 1 aromatic heterocycles. The Bertz CT molecular complexity index is 310. The standard InChI is InChI=1S/C11H15BFN/c1-7(2)10-4-8(3)14-6-9(10)5-11(12)13/h4,6-7,11H,5H2,1-3H3. The van der Waals surface area contributed by atoms with Crippen molar-refractivity contribution in [2.24, 2.45) is 0 Å². The van der Waals surface area contributed by atoms with Crippen LogP contribution in [-0.2, 0) is 6.42 Å². The number of rotatable bonds is 3. The Morgan fingerprint density at radius 1 is 1.50 bits per heavy atom. The van der Waals surface area contributed by atoms with Crippen molar-refractivity contribution in [3.8, 4) is 0 Å². The van der Waals surface area contributed by atoms with Crippen LogP contribution in [0.3, 0.4) is 0 Å². The molecule has 0 aliphatic rings. The Morgan fingerprint density at radius 3 is 2.64 bits per heavy atom. The van der Waals surface area contributed by atoms with Gasteiger partial charge >= 0.3 is 0 Å². The zero-order valence-electron chi connectivity index (χ0n) is 8.92. The molecule has 2 radical (unpaired) electrons. The van der Waals surface area contributed by atoms with Crippen LogP contribution in [0.4, 0.5) is 4.39 Å². The molecule has 0 saturated heterocycles. The number of alkyl halides is 1. The molecular weight excluding hydrogens is 176 g/mol. The van der Waals surface area contributed by atoms with E-state index in [0.717, 1.165) is 16.8 Å². The largest absolute Gasteiger partial charge is 0.261 e. The van der Waals surface area contributed by atoms with Crippen LogP contribution in [0.25, 0.3) is 0 Å². The first-order valence-corrected chi connectivity index (χ1v) is 4.85. The predicted molar refractivity (Wildman–Crippen MR) is 57.4 cm³/mol. The van der Waals surface area contributed by atoms with Gasteiger partial charge in [0.2, 0.25) is 0 Å². The SMILES string of the molecule is [B]C(F)Cc1cnc(C)cc1C(C)C. The second-order valence-corrected chi connectivity index (χ2v) is 3.90. The molecule has 0 spiro atoms. The summed E-state index contributed by atoms with van der Waals surface area (Å²) in [7, 11) is 5.14. The highest BCUT2D eigenvalue weighted by atomic mass is 19.1. The highest BCUT2D eigenvalue weighted by Gasteiger charge is 2.10. The van der Waals surface area contributed by atoms with E-state index in [4.69, 9.17) is 7.85 Å². The molecule has 0 N–H and O–H groups in total. The van der Waals surface area contributed by atoms with Crippen LogP contribution in [0.2, 0.25) is 0 Å². The first-order chi connectivity index (χ1) is 6.50. The Hall–Kier alpha value is -0.855. The van der Waals surface area contributed by atoms with Crippen molar-refractivity contribution < 1.29 is 4.39 Å². The Morgan fingerprint density at radius 2 is 2.14 bits per heavy atom. The summed E-state index contributed by atoms with van der Waals surface area (Å²) in [6, 6.07) is 2.00. The molecule has 0 fully saturated rings. The summed E-state index contributed by atoms with van der Waals surface area (Å²) in [4.78, 5) is 4.15. The number of aryl methyl sites for hydroxylation is 1. The molecule has 3 heteroatoms. The number of nitrogens with zero attached hydrogens (tertiary/aromatic N) is 1. The van der Waals surface area contributed by atoms with Gasteiger partial charge in [-0.2, -0.15) is 0 Å². The molecule has 0 aliphatic carbocycles. The van der Waals surface area contributed by atoms with Crippen LogP contribution in [0.1, 0.15) is 36.6 Å². The average molecular weight is 191 g/mol. The highest BCUT2D eigenvalue weighted by Crippen LogP contribution is 2.20. The third-order valence-corrected chi connectivity index (χ3v) is 2.20. The minimum absolute atomic E-state index is 0.251. The fourth-order valence-corrected chi connectivity index (χ4v) is 1.53. The van der Waals surface area contributed by atoms with Gasteiger partial charge in [0.1, 0.15) is 7.85 Å².